The molecule has 0 aliphatic heterocycles. The van der Waals surface area contributed by atoms with Crippen molar-refractivity contribution < 1.29 is 88.4 Å². The van der Waals surface area contributed by atoms with Gasteiger partial charge in [0.05, 0.1) is 0 Å². The monoisotopic (exact) mass is 1430 g/mol. The zero-order chi connectivity index (χ0) is 53.2. The van der Waals surface area contributed by atoms with Gasteiger partial charge in [-0.3, -0.25) is 0 Å². The summed E-state index contributed by atoms with van der Waals surface area (Å²) in [7, 11) is 0. The third-order valence-corrected chi connectivity index (χ3v) is 27.7. The van der Waals surface area contributed by atoms with E-state index in [-0.39, 0.29) is 48.1 Å². The van der Waals surface area contributed by atoms with Crippen LogP contribution < -0.4 is 45.6 Å². The van der Waals surface area contributed by atoms with Gasteiger partial charge in [0, 0.05) is 0 Å². The van der Waals surface area contributed by atoms with Gasteiger partial charge in [0.25, 0.3) is 0 Å². The van der Waals surface area contributed by atoms with Gasteiger partial charge in [0.1, 0.15) is 23.3 Å². The molecule has 0 heterocycles. The van der Waals surface area contributed by atoms with Gasteiger partial charge in [-0.1, -0.05) is 74.2 Å². The zero-order valence-electron chi connectivity index (χ0n) is 42.5. The second kappa shape index (κ2) is 34.9. The van der Waals surface area contributed by atoms with Crippen LogP contribution in [0.4, 0.5) is 17.6 Å². The molecule has 0 saturated heterocycles. The topological polar surface area (TPSA) is 0 Å². The molecule has 0 fully saturated rings. The normalized spacial score (nSPS) is 12.7. The molecule has 0 atom stereocenters. The SMILES string of the molecule is Fc1cccc(C2=[C-]CC=C2)c1.Fc1cccc(C2=[C-]CC=C2)c1.Fc1cccc(C2=[C-]CC=C2)c1.Fc1cccc(C2=[C-]CC=C2)c1.[Cl-].[Cl-].[Hf+2]=[Si](c1ccccc1)c1ccccc1.[Hf+2]=[Si](c1ccccc1)c1ccccc1. The Labute approximate surface area is 500 Å². The summed E-state index contributed by atoms with van der Waals surface area (Å²) >= 11 is 2.53. The molecule has 0 unspecified atom stereocenters. The number of allylic oxidation sites excluding steroid dienone is 16. The van der Waals surface area contributed by atoms with Gasteiger partial charge in [-0.15, -0.1) is 70.8 Å². The summed E-state index contributed by atoms with van der Waals surface area (Å²) in [6.45, 7) is 0. The van der Waals surface area contributed by atoms with E-state index in [2.05, 4.69) is 146 Å². The molecule has 8 aromatic rings. The van der Waals surface area contributed by atoms with Crippen molar-refractivity contribution >= 4 is 54.0 Å². The summed E-state index contributed by atoms with van der Waals surface area (Å²) in [6, 6.07) is 69.8. The zero-order valence-corrected chi connectivity index (χ0v) is 53.2. The summed E-state index contributed by atoms with van der Waals surface area (Å²) in [6.07, 6.45) is 31.8. The van der Waals surface area contributed by atoms with Crippen LogP contribution in [0.25, 0.3) is 22.3 Å². The molecule has 78 heavy (non-hydrogen) atoms. The van der Waals surface area contributed by atoms with Gasteiger partial charge < -0.3 is 24.8 Å². The van der Waals surface area contributed by atoms with Gasteiger partial charge in [-0.25, -0.2) is 17.6 Å². The van der Waals surface area contributed by atoms with Gasteiger partial charge >= 0.3 is 199 Å². The van der Waals surface area contributed by atoms with Crippen LogP contribution in [0, 0.1) is 47.6 Å². The maximum atomic E-state index is 12.8. The Kier molecular flexibility index (Phi) is 28.2. The van der Waals surface area contributed by atoms with Crippen molar-refractivity contribution in [3.8, 4) is 0 Å². The van der Waals surface area contributed by atoms with E-state index in [1.165, 1.54) is 115 Å². The van der Waals surface area contributed by atoms with Crippen molar-refractivity contribution in [2.75, 3.05) is 0 Å². The van der Waals surface area contributed by atoms with Crippen LogP contribution in [-0.2, 0) is 46.0 Å². The van der Waals surface area contributed by atoms with Gasteiger partial charge in [-0.2, -0.15) is 70.9 Å². The Hall–Kier alpha value is -5.85. The molecule has 10 heteroatoms. The first kappa shape index (κ1) is 63.0. The fourth-order valence-corrected chi connectivity index (χ4v) is 17.7. The molecule has 0 bridgehead atoms. The van der Waals surface area contributed by atoms with Crippen LogP contribution >= 0.6 is 0 Å². The molecule has 0 N–H and O–H groups in total. The van der Waals surface area contributed by atoms with Crippen molar-refractivity contribution in [2.24, 2.45) is 0 Å². The minimum absolute atomic E-state index is 0. The molecule has 0 aromatic heterocycles. The van der Waals surface area contributed by atoms with E-state index in [0.29, 0.717) is 0 Å². The minimum atomic E-state index is -0.406. The van der Waals surface area contributed by atoms with Crippen LogP contribution in [-0.4, -0.2) is 11.0 Å². The second-order valence-corrected chi connectivity index (χ2v) is 31.6. The molecule has 0 spiro atoms. The van der Waals surface area contributed by atoms with E-state index in [0.717, 1.165) is 70.2 Å². The Morgan fingerprint density at radius 2 is 0.487 bits per heavy atom. The van der Waals surface area contributed by atoms with Crippen LogP contribution in [0.15, 0.2) is 267 Å². The third kappa shape index (κ3) is 21.1. The number of benzene rings is 8. The number of rotatable bonds is 8. The molecule has 4 aliphatic rings. The van der Waals surface area contributed by atoms with E-state index < -0.39 is 11.0 Å². The van der Waals surface area contributed by atoms with Crippen LogP contribution in [0.5, 0.6) is 0 Å². The molecule has 0 radical (unpaired) electrons. The summed E-state index contributed by atoms with van der Waals surface area (Å²) in [4.78, 5) is 0. The first-order valence-electron chi connectivity index (χ1n) is 24.7. The number of hydrogen-bond donors (Lipinski definition) is 0. The molecule has 0 nitrogen and oxygen atoms in total. The van der Waals surface area contributed by atoms with Gasteiger partial charge in [0.2, 0.25) is 0 Å². The molecule has 12 rings (SSSR count). The third-order valence-electron chi connectivity index (χ3n) is 11.6. The summed E-state index contributed by atoms with van der Waals surface area (Å²) in [5.41, 5.74) is 6.79. The Balaban J connectivity index is 0.000000172. The Bertz CT molecular complexity index is 2990. The van der Waals surface area contributed by atoms with Gasteiger partial charge in [0.15, 0.2) is 0 Å². The predicted octanol–water partition coefficient (Wildman–Crippen LogP) is 8.57. The predicted molar refractivity (Wildman–Crippen MR) is 303 cm³/mol. The first-order chi connectivity index (χ1) is 37.2. The number of hydrogen-bond acceptors (Lipinski definition) is 0. The van der Waals surface area contributed by atoms with Crippen LogP contribution in [0.2, 0.25) is 0 Å². The van der Waals surface area contributed by atoms with Crippen LogP contribution in [0.1, 0.15) is 47.9 Å². The van der Waals surface area contributed by atoms with Crippen LogP contribution in [0.3, 0.4) is 0 Å². The fourth-order valence-electron chi connectivity index (χ4n) is 7.79. The summed E-state index contributed by atoms with van der Waals surface area (Å²) in [5, 5.41) is 6.15. The molecular formula is C68H52Cl2F4Hf2Si2-2. The molecular weight excluding hydrogens is 1380 g/mol. The van der Waals surface area contributed by atoms with Crippen molar-refractivity contribution in [2.45, 2.75) is 25.7 Å². The molecule has 8 aromatic carbocycles. The van der Waals surface area contributed by atoms with E-state index in [1.807, 2.05) is 72.9 Å². The summed E-state index contributed by atoms with van der Waals surface area (Å²) < 4.78 is 51.0. The first-order valence-corrected chi connectivity index (χ1v) is 38.5. The Morgan fingerprint density at radius 3 is 0.654 bits per heavy atom. The Morgan fingerprint density at radius 1 is 0.282 bits per heavy atom. The average Bonchev–Trinajstić information content (AvgIpc) is 4.36. The number of halogens is 6. The van der Waals surface area contributed by atoms with Crippen molar-refractivity contribution in [3.05, 3.63) is 337 Å². The quantitative estimate of drug-likeness (QED) is 0.0814. The summed E-state index contributed by atoms with van der Waals surface area (Å²) in [5.74, 6) is -0.770. The standard InChI is InChI=1S/2C12H10Si.4C11H8F.2ClH.2Hf/c2*1-3-7-11(8-4-1)13-12-9-5-2-6-10-12;4*12-11-7-3-6-10(8-11)9-4-1-2-5-9;;;;/h2*1-10H;4*1,3-4,6-8H,2H2;2*1H;;/q;;4*-1;;;2*+2/p-2. The van der Waals surface area contributed by atoms with E-state index >= 15 is 0 Å². The average molecular weight is 1430 g/mol. The van der Waals surface area contributed by atoms with Crippen molar-refractivity contribution in [1.29, 1.82) is 0 Å². The maximum absolute atomic E-state index is 12.8. The van der Waals surface area contributed by atoms with E-state index in [9.17, 15) is 17.6 Å². The molecule has 0 saturated carbocycles. The second-order valence-electron chi connectivity index (χ2n) is 17.0. The van der Waals surface area contributed by atoms with E-state index in [1.54, 1.807) is 24.3 Å². The molecule has 4 aliphatic carbocycles. The van der Waals surface area contributed by atoms with Gasteiger partial charge in [-0.05, 0) is 24.3 Å². The molecule has 0 amide bonds. The van der Waals surface area contributed by atoms with Crippen molar-refractivity contribution in [1.82, 2.24) is 0 Å². The fraction of sp³-hybridized carbons (Fsp3) is 0.0588. The molecule has 384 valence electrons. The van der Waals surface area contributed by atoms with E-state index in [4.69, 9.17) is 0 Å². The van der Waals surface area contributed by atoms with Crippen molar-refractivity contribution in [3.63, 3.8) is 0 Å².